The Bertz CT molecular complexity index is 228. The molecule has 1 unspecified atom stereocenters. The lowest BCUT2D eigenvalue weighted by atomic mass is 9.96. The molecule has 0 aromatic rings. The summed E-state index contributed by atoms with van der Waals surface area (Å²) in [5.41, 5.74) is 0. The molecule has 1 heterocycles. The lowest BCUT2D eigenvalue weighted by molar-refractivity contribution is -0.137. The van der Waals surface area contributed by atoms with Crippen LogP contribution in [0.5, 0.6) is 0 Å². The highest BCUT2D eigenvalue weighted by Crippen LogP contribution is 2.19. The molecule has 4 heteroatoms. The van der Waals surface area contributed by atoms with Gasteiger partial charge in [-0.2, -0.15) is 0 Å². The summed E-state index contributed by atoms with van der Waals surface area (Å²) in [5, 5.41) is 3.30. The van der Waals surface area contributed by atoms with Gasteiger partial charge in [0.1, 0.15) is 0 Å². The van der Waals surface area contributed by atoms with Crippen LogP contribution in [-0.2, 0) is 4.79 Å². The van der Waals surface area contributed by atoms with E-state index in [1.807, 2.05) is 7.05 Å². The monoisotopic (exact) mass is 276 g/mol. The third-order valence-electron chi connectivity index (χ3n) is 3.96. The van der Waals surface area contributed by atoms with E-state index in [1.165, 1.54) is 12.8 Å². The van der Waals surface area contributed by atoms with Crippen LogP contribution in [0.15, 0.2) is 0 Å². The summed E-state index contributed by atoms with van der Waals surface area (Å²) < 4.78 is 0. The number of likely N-dealkylation sites (tertiary alicyclic amines) is 1. The number of hydrogen-bond donors (Lipinski definition) is 1. The fraction of sp³-hybridized carbons (Fsp3) is 0.929. The molecule has 108 valence electrons. The molecule has 0 radical (unpaired) electrons. The molecular weight excluding hydrogens is 248 g/mol. The third kappa shape index (κ3) is 5.15. The van der Waals surface area contributed by atoms with E-state index in [-0.39, 0.29) is 18.3 Å². The first kappa shape index (κ1) is 17.7. The van der Waals surface area contributed by atoms with E-state index in [0.717, 1.165) is 38.8 Å². The summed E-state index contributed by atoms with van der Waals surface area (Å²) in [6.45, 7) is 6.20. The Morgan fingerprint density at radius 1 is 1.33 bits per heavy atom. The fourth-order valence-corrected chi connectivity index (χ4v) is 2.60. The average Bonchev–Trinajstić information content (AvgIpc) is 2.39. The number of unbranched alkanes of at least 4 members (excludes halogenated alkanes) is 1. The van der Waals surface area contributed by atoms with Crippen LogP contribution in [0.25, 0.3) is 0 Å². The van der Waals surface area contributed by atoms with Crippen LogP contribution >= 0.6 is 12.4 Å². The highest BCUT2D eigenvalue weighted by atomic mass is 35.5. The van der Waals surface area contributed by atoms with Crippen molar-refractivity contribution in [2.75, 3.05) is 20.1 Å². The molecule has 1 fully saturated rings. The van der Waals surface area contributed by atoms with Crippen molar-refractivity contribution in [2.45, 2.75) is 58.4 Å². The predicted octanol–water partition coefficient (Wildman–Crippen LogP) is 2.84. The maximum Gasteiger partial charge on any atom is 0.225 e. The summed E-state index contributed by atoms with van der Waals surface area (Å²) in [5.74, 6) is 0.664. The van der Waals surface area contributed by atoms with Crippen molar-refractivity contribution in [3.63, 3.8) is 0 Å². The van der Waals surface area contributed by atoms with Gasteiger partial charge in [0, 0.05) is 25.0 Å². The van der Waals surface area contributed by atoms with Gasteiger partial charge in [-0.3, -0.25) is 4.79 Å². The lowest BCUT2D eigenvalue weighted by Crippen LogP contribution is -2.46. The molecule has 0 aromatic heterocycles. The smallest absolute Gasteiger partial charge is 0.225 e. The van der Waals surface area contributed by atoms with Gasteiger partial charge in [0.2, 0.25) is 5.91 Å². The van der Waals surface area contributed by atoms with Gasteiger partial charge in [-0.25, -0.2) is 0 Å². The van der Waals surface area contributed by atoms with E-state index in [0.29, 0.717) is 11.9 Å². The SMILES string of the molecule is CCCCC(CC)C(=O)N1CCC(NC)CC1.Cl. The minimum atomic E-state index is 0. The summed E-state index contributed by atoms with van der Waals surface area (Å²) in [6.07, 6.45) is 6.63. The van der Waals surface area contributed by atoms with E-state index in [9.17, 15) is 4.79 Å². The number of nitrogens with one attached hydrogen (secondary N) is 1. The van der Waals surface area contributed by atoms with Gasteiger partial charge >= 0.3 is 0 Å². The standard InChI is InChI=1S/C14H28N2O.ClH/c1-4-6-7-12(5-2)14(17)16-10-8-13(15-3)9-11-16;/h12-13,15H,4-11H2,1-3H3;1H. The van der Waals surface area contributed by atoms with Crippen molar-refractivity contribution >= 4 is 18.3 Å². The van der Waals surface area contributed by atoms with Crippen LogP contribution in [0.1, 0.15) is 52.4 Å². The Labute approximate surface area is 118 Å². The van der Waals surface area contributed by atoms with E-state index in [1.54, 1.807) is 0 Å². The summed E-state index contributed by atoms with van der Waals surface area (Å²) >= 11 is 0. The maximum atomic E-state index is 12.3. The van der Waals surface area contributed by atoms with Gasteiger partial charge in [-0.15, -0.1) is 12.4 Å². The first-order valence-corrected chi connectivity index (χ1v) is 7.18. The second-order valence-corrected chi connectivity index (χ2v) is 5.14. The van der Waals surface area contributed by atoms with Crippen LogP contribution in [0, 0.1) is 5.92 Å². The Morgan fingerprint density at radius 3 is 2.39 bits per heavy atom. The normalized spacial score (nSPS) is 18.3. The van der Waals surface area contributed by atoms with Gasteiger partial charge in [0.25, 0.3) is 0 Å². The number of piperidine rings is 1. The Balaban J connectivity index is 0.00000289. The summed E-state index contributed by atoms with van der Waals surface area (Å²) in [4.78, 5) is 14.4. The molecule has 0 aromatic carbocycles. The molecule has 0 spiro atoms. The number of carbonyl (C=O) groups is 1. The average molecular weight is 277 g/mol. The van der Waals surface area contributed by atoms with E-state index in [4.69, 9.17) is 0 Å². The predicted molar refractivity (Wildman–Crippen MR) is 79.2 cm³/mol. The number of carbonyl (C=O) groups excluding carboxylic acids is 1. The van der Waals surface area contributed by atoms with E-state index < -0.39 is 0 Å². The molecule has 1 amide bonds. The van der Waals surface area contributed by atoms with Crippen molar-refractivity contribution in [1.29, 1.82) is 0 Å². The summed E-state index contributed by atoms with van der Waals surface area (Å²) in [7, 11) is 2.01. The van der Waals surface area contributed by atoms with E-state index in [2.05, 4.69) is 24.1 Å². The Morgan fingerprint density at radius 2 is 1.94 bits per heavy atom. The van der Waals surface area contributed by atoms with Crippen LogP contribution in [0.2, 0.25) is 0 Å². The molecule has 1 N–H and O–H groups in total. The number of rotatable bonds is 6. The largest absolute Gasteiger partial charge is 0.342 e. The minimum Gasteiger partial charge on any atom is -0.342 e. The van der Waals surface area contributed by atoms with Gasteiger partial charge in [-0.1, -0.05) is 26.7 Å². The molecule has 1 aliphatic rings. The van der Waals surface area contributed by atoms with Gasteiger partial charge in [0.05, 0.1) is 0 Å². The molecule has 1 aliphatic heterocycles. The Hall–Kier alpha value is -0.280. The molecule has 1 rings (SSSR count). The number of nitrogens with zero attached hydrogens (tertiary/aromatic N) is 1. The molecular formula is C14H29ClN2O. The van der Waals surface area contributed by atoms with Gasteiger partial charge in [-0.05, 0) is 32.7 Å². The molecule has 3 nitrogen and oxygen atoms in total. The van der Waals surface area contributed by atoms with Gasteiger partial charge in [0.15, 0.2) is 0 Å². The molecule has 18 heavy (non-hydrogen) atoms. The van der Waals surface area contributed by atoms with Crippen molar-refractivity contribution in [3.8, 4) is 0 Å². The first-order valence-electron chi connectivity index (χ1n) is 7.18. The Kier molecular flexibility index (Phi) is 9.47. The quantitative estimate of drug-likeness (QED) is 0.809. The summed E-state index contributed by atoms with van der Waals surface area (Å²) in [6, 6.07) is 0.606. The van der Waals surface area contributed by atoms with Crippen LogP contribution in [0.4, 0.5) is 0 Å². The zero-order valence-electron chi connectivity index (χ0n) is 12.1. The molecule has 0 aliphatic carbocycles. The van der Waals surface area contributed by atoms with E-state index >= 15 is 0 Å². The van der Waals surface area contributed by atoms with Crippen molar-refractivity contribution in [1.82, 2.24) is 10.2 Å². The lowest BCUT2D eigenvalue weighted by Gasteiger charge is -2.34. The molecule has 0 bridgehead atoms. The molecule has 1 saturated heterocycles. The zero-order valence-corrected chi connectivity index (χ0v) is 12.9. The fourth-order valence-electron chi connectivity index (χ4n) is 2.60. The molecule has 0 saturated carbocycles. The number of halogens is 1. The van der Waals surface area contributed by atoms with Gasteiger partial charge < -0.3 is 10.2 Å². The van der Waals surface area contributed by atoms with Crippen LogP contribution in [-0.4, -0.2) is 37.0 Å². The highest BCUT2D eigenvalue weighted by molar-refractivity contribution is 5.85. The number of hydrogen-bond acceptors (Lipinski definition) is 2. The first-order chi connectivity index (χ1) is 8.22. The second-order valence-electron chi connectivity index (χ2n) is 5.14. The van der Waals surface area contributed by atoms with Crippen molar-refractivity contribution in [2.24, 2.45) is 5.92 Å². The molecule has 1 atom stereocenters. The topological polar surface area (TPSA) is 32.3 Å². The van der Waals surface area contributed by atoms with Crippen LogP contribution in [0.3, 0.4) is 0 Å². The maximum absolute atomic E-state index is 12.3. The zero-order chi connectivity index (χ0) is 12.7. The van der Waals surface area contributed by atoms with Crippen molar-refractivity contribution < 1.29 is 4.79 Å². The number of amides is 1. The third-order valence-corrected chi connectivity index (χ3v) is 3.96. The van der Waals surface area contributed by atoms with Crippen molar-refractivity contribution in [3.05, 3.63) is 0 Å². The minimum absolute atomic E-state index is 0. The second kappa shape index (κ2) is 9.62. The highest BCUT2D eigenvalue weighted by Gasteiger charge is 2.26. The van der Waals surface area contributed by atoms with Crippen LogP contribution < -0.4 is 5.32 Å².